The first kappa shape index (κ1) is 16.3. The van der Waals surface area contributed by atoms with Gasteiger partial charge < -0.3 is 15.4 Å². The number of hydrogen-bond acceptors (Lipinski definition) is 3. The molecule has 0 radical (unpaired) electrons. The summed E-state index contributed by atoms with van der Waals surface area (Å²) in [5.74, 6) is 0.0363. The number of nitrogens with one attached hydrogen (secondary N) is 2. The van der Waals surface area contributed by atoms with Crippen LogP contribution in [0.2, 0.25) is 0 Å². The Morgan fingerprint density at radius 1 is 1.33 bits per heavy atom. The summed E-state index contributed by atoms with van der Waals surface area (Å²) in [7, 11) is 1.66. The third-order valence-corrected chi connectivity index (χ3v) is 4.31. The van der Waals surface area contributed by atoms with Gasteiger partial charge in [-0.15, -0.1) is 12.4 Å². The number of ether oxygens (including phenoxy) is 1. The van der Waals surface area contributed by atoms with Crippen LogP contribution in [0.4, 0.5) is 0 Å². The number of carbonyl (C=O) groups excluding carboxylic acids is 1. The van der Waals surface area contributed by atoms with Crippen molar-refractivity contribution in [3.05, 3.63) is 35.4 Å². The molecule has 2 unspecified atom stereocenters. The van der Waals surface area contributed by atoms with Crippen molar-refractivity contribution in [1.29, 1.82) is 0 Å². The molecule has 0 spiro atoms. The van der Waals surface area contributed by atoms with E-state index in [9.17, 15) is 4.79 Å². The number of amides is 1. The zero-order valence-corrected chi connectivity index (χ0v) is 13.1. The van der Waals surface area contributed by atoms with E-state index in [1.807, 2.05) is 24.3 Å². The lowest BCUT2D eigenvalue weighted by atomic mass is 9.99. The number of hydrogen-bond donors (Lipinski definition) is 2. The smallest absolute Gasteiger partial charge is 0.251 e. The molecule has 1 aromatic rings. The van der Waals surface area contributed by atoms with Gasteiger partial charge in [-0.2, -0.15) is 0 Å². The van der Waals surface area contributed by atoms with Gasteiger partial charge >= 0.3 is 0 Å². The minimum Gasteiger partial charge on any atom is -0.380 e. The monoisotopic (exact) mass is 310 g/mol. The number of methoxy groups -OCH3 is 1. The van der Waals surface area contributed by atoms with E-state index in [0.29, 0.717) is 24.7 Å². The highest BCUT2D eigenvalue weighted by atomic mass is 35.5. The van der Waals surface area contributed by atoms with Crippen molar-refractivity contribution in [3.8, 4) is 0 Å². The second kappa shape index (κ2) is 7.25. The van der Waals surface area contributed by atoms with E-state index in [1.54, 1.807) is 7.11 Å². The molecule has 2 heterocycles. The standard InChI is InChI=1S/C16H22N2O2.ClH/c1-20-10-11-3-2-4-12(7-11)16(19)18-15-8-13-5-6-14(9-15)17-13;/h2-4,7,13-15,17H,5-6,8-10H2,1H3,(H,18,19);1H. The number of halogens is 1. The fraction of sp³-hybridized carbons (Fsp3) is 0.562. The van der Waals surface area contributed by atoms with Crippen molar-refractivity contribution < 1.29 is 9.53 Å². The van der Waals surface area contributed by atoms with Crippen LogP contribution in [0.25, 0.3) is 0 Å². The fourth-order valence-corrected chi connectivity index (χ4v) is 3.41. The highest BCUT2D eigenvalue weighted by molar-refractivity contribution is 5.94. The molecule has 2 fully saturated rings. The zero-order valence-electron chi connectivity index (χ0n) is 12.3. The summed E-state index contributed by atoms with van der Waals surface area (Å²) in [6.07, 6.45) is 4.61. The molecular weight excluding hydrogens is 288 g/mol. The summed E-state index contributed by atoms with van der Waals surface area (Å²) in [6, 6.07) is 9.17. The molecule has 0 saturated carbocycles. The topological polar surface area (TPSA) is 50.4 Å². The molecule has 0 aromatic heterocycles. The summed E-state index contributed by atoms with van der Waals surface area (Å²) in [5.41, 5.74) is 1.76. The van der Waals surface area contributed by atoms with Crippen LogP contribution in [-0.2, 0) is 11.3 Å². The van der Waals surface area contributed by atoms with Gasteiger partial charge in [0.25, 0.3) is 5.91 Å². The second-order valence-corrected chi connectivity index (χ2v) is 5.91. The molecule has 1 amide bonds. The van der Waals surface area contributed by atoms with Crippen LogP contribution in [0, 0.1) is 0 Å². The summed E-state index contributed by atoms with van der Waals surface area (Å²) in [5, 5.41) is 6.78. The predicted octanol–water partition coefficient (Wildman–Crippen LogP) is 2.27. The van der Waals surface area contributed by atoms with E-state index in [1.165, 1.54) is 12.8 Å². The van der Waals surface area contributed by atoms with E-state index in [0.717, 1.165) is 24.0 Å². The number of rotatable bonds is 4. The molecule has 4 nitrogen and oxygen atoms in total. The van der Waals surface area contributed by atoms with Gasteiger partial charge in [0.2, 0.25) is 0 Å². The van der Waals surface area contributed by atoms with Crippen LogP contribution in [-0.4, -0.2) is 31.1 Å². The average Bonchev–Trinajstić information content (AvgIpc) is 2.79. The molecular formula is C16H23ClN2O2. The van der Waals surface area contributed by atoms with Gasteiger partial charge in [0.1, 0.15) is 0 Å². The fourth-order valence-electron chi connectivity index (χ4n) is 3.41. The first-order chi connectivity index (χ1) is 9.74. The molecule has 2 N–H and O–H groups in total. The molecule has 2 bridgehead atoms. The Bertz CT molecular complexity index is 483. The van der Waals surface area contributed by atoms with Crippen molar-refractivity contribution in [3.63, 3.8) is 0 Å². The average molecular weight is 311 g/mol. The van der Waals surface area contributed by atoms with Gasteiger partial charge in [-0.3, -0.25) is 4.79 Å². The molecule has 2 aliphatic rings. The van der Waals surface area contributed by atoms with Gasteiger partial charge in [-0.05, 0) is 43.4 Å². The molecule has 1 aromatic carbocycles. The molecule has 3 rings (SSSR count). The van der Waals surface area contributed by atoms with Crippen molar-refractivity contribution in [2.75, 3.05) is 7.11 Å². The number of carbonyl (C=O) groups is 1. The summed E-state index contributed by atoms with van der Waals surface area (Å²) in [6.45, 7) is 0.540. The van der Waals surface area contributed by atoms with E-state index >= 15 is 0 Å². The van der Waals surface area contributed by atoms with Crippen molar-refractivity contribution >= 4 is 18.3 Å². The maximum absolute atomic E-state index is 12.3. The van der Waals surface area contributed by atoms with Gasteiger partial charge in [-0.1, -0.05) is 12.1 Å². The Hall–Kier alpha value is -1.10. The summed E-state index contributed by atoms with van der Waals surface area (Å²) in [4.78, 5) is 12.3. The van der Waals surface area contributed by atoms with Gasteiger partial charge in [0, 0.05) is 30.8 Å². The minimum atomic E-state index is 0. The van der Waals surface area contributed by atoms with Crippen LogP contribution >= 0.6 is 12.4 Å². The van der Waals surface area contributed by atoms with Crippen LogP contribution < -0.4 is 10.6 Å². The largest absolute Gasteiger partial charge is 0.380 e. The normalized spacial score (nSPS) is 27.0. The molecule has 0 aliphatic carbocycles. The summed E-state index contributed by atoms with van der Waals surface area (Å²) >= 11 is 0. The Balaban J connectivity index is 0.00000161. The highest BCUT2D eigenvalue weighted by Gasteiger charge is 2.34. The minimum absolute atomic E-state index is 0. The van der Waals surface area contributed by atoms with E-state index in [4.69, 9.17) is 4.74 Å². The first-order valence-corrected chi connectivity index (χ1v) is 7.39. The Morgan fingerprint density at radius 3 is 2.71 bits per heavy atom. The molecule has 116 valence electrons. The van der Waals surface area contributed by atoms with Gasteiger partial charge in [-0.25, -0.2) is 0 Å². The second-order valence-electron chi connectivity index (χ2n) is 5.91. The lowest BCUT2D eigenvalue weighted by Gasteiger charge is -2.29. The molecule has 2 saturated heterocycles. The Morgan fingerprint density at radius 2 is 2.05 bits per heavy atom. The SMILES string of the molecule is COCc1cccc(C(=O)NC2CC3CCC(C2)N3)c1.Cl. The third kappa shape index (κ3) is 3.96. The number of fused-ring (bicyclic) bond motifs is 2. The van der Waals surface area contributed by atoms with Gasteiger partial charge in [0.05, 0.1) is 6.61 Å². The van der Waals surface area contributed by atoms with Crippen LogP contribution in [0.15, 0.2) is 24.3 Å². The number of piperidine rings is 1. The Kier molecular flexibility index (Phi) is 5.62. The van der Waals surface area contributed by atoms with Crippen molar-refractivity contribution in [2.24, 2.45) is 0 Å². The first-order valence-electron chi connectivity index (χ1n) is 7.39. The van der Waals surface area contributed by atoms with E-state index in [2.05, 4.69) is 10.6 Å². The Labute approximate surface area is 132 Å². The predicted molar refractivity (Wildman–Crippen MR) is 84.8 cm³/mol. The van der Waals surface area contributed by atoms with Crippen LogP contribution in [0.5, 0.6) is 0 Å². The van der Waals surface area contributed by atoms with Crippen LogP contribution in [0.1, 0.15) is 41.6 Å². The molecule has 2 atom stereocenters. The van der Waals surface area contributed by atoms with Crippen LogP contribution in [0.3, 0.4) is 0 Å². The zero-order chi connectivity index (χ0) is 13.9. The quantitative estimate of drug-likeness (QED) is 0.897. The van der Waals surface area contributed by atoms with E-state index in [-0.39, 0.29) is 18.3 Å². The van der Waals surface area contributed by atoms with Gasteiger partial charge in [0.15, 0.2) is 0 Å². The molecule has 2 aliphatic heterocycles. The summed E-state index contributed by atoms with van der Waals surface area (Å²) < 4.78 is 5.11. The third-order valence-electron chi connectivity index (χ3n) is 4.31. The van der Waals surface area contributed by atoms with Crippen molar-refractivity contribution in [1.82, 2.24) is 10.6 Å². The lowest BCUT2D eigenvalue weighted by molar-refractivity contribution is 0.0923. The van der Waals surface area contributed by atoms with E-state index < -0.39 is 0 Å². The van der Waals surface area contributed by atoms with Crippen molar-refractivity contribution in [2.45, 2.75) is 50.4 Å². The lowest BCUT2D eigenvalue weighted by Crippen LogP contribution is -2.48. The molecule has 5 heteroatoms. The highest BCUT2D eigenvalue weighted by Crippen LogP contribution is 2.26. The maximum Gasteiger partial charge on any atom is 0.251 e. The molecule has 21 heavy (non-hydrogen) atoms. The number of benzene rings is 1. The maximum atomic E-state index is 12.3.